The average molecular weight is 461 g/mol. The van der Waals surface area contributed by atoms with Gasteiger partial charge in [-0.05, 0) is 74.1 Å². The van der Waals surface area contributed by atoms with E-state index in [0.29, 0.717) is 17.3 Å². The van der Waals surface area contributed by atoms with Crippen molar-refractivity contribution in [2.75, 3.05) is 23.3 Å². The van der Waals surface area contributed by atoms with Crippen molar-refractivity contribution in [2.24, 2.45) is 11.8 Å². The fourth-order valence-corrected chi connectivity index (χ4v) is 4.97. The molecule has 3 heterocycles. The minimum absolute atomic E-state index is 0.0481. The number of carbonyl (C=O) groups is 1. The Kier molecular flexibility index (Phi) is 7.88. The molecule has 1 amide bonds. The van der Waals surface area contributed by atoms with Crippen LogP contribution in [0.1, 0.15) is 56.8 Å². The summed E-state index contributed by atoms with van der Waals surface area (Å²) in [4.78, 5) is 23.7. The molecule has 4 rings (SSSR count). The minimum atomic E-state index is -0.299. The number of carbonyl (C=O) groups excluding carboxylic acids is 1. The molecule has 0 atom stereocenters. The zero-order valence-electron chi connectivity index (χ0n) is 20.0. The third-order valence-corrected chi connectivity index (χ3v) is 6.94. The number of pyridine rings is 2. The Bertz CT molecular complexity index is 1020. The molecule has 1 saturated heterocycles. The smallest absolute Gasteiger partial charge is 0.227 e. The number of halogens is 1. The van der Waals surface area contributed by atoms with E-state index in [0.717, 1.165) is 50.2 Å². The first-order chi connectivity index (χ1) is 16.6. The molecule has 1 N–H and O–H groups in total. The average Bonchev–Trinajstić information content (AvgIpc) is 2.87. The molecule has 5 nitrogen and oxygen atoms in total. The molecule has 0 saturated carbocycles. The van der Waals surface area contributed by atoms with E-state index in [-0.39, 0.29) is 23.6 Å². The van der Waals surface area contributed by atoms with Gasteiger partial charge in [-0.2, -0.15) is 0 Å². The van der Waals surface area contributed by atoms with Gasteiger partial charge in [-0.25, -0.2) is 4.39 Å². The number of hydrogen-bond donors (Lipinski definition) is 1. The predicted octanol–water partition coefficient (Wildman–Crippen LogP) is 6.04. The molecule has 1 aliphatic heterocycles. The van der Waals surface area contributed by atoms with Crippen LogP contribution in [0.5, 0.6) is 0 Å². The summed E-state index contributed by atoms with van der Waals surface area (Å²) >= 11 is 0. The van der Waals surface area contributed by atoms with Crippen molar-refractivity contribution in [3.63, 3.8) is 0 Å². The van der Waals surface area contributed by atoms with Gasteiger partial charge in [0, 0.05) is 54.4 Å². The van der Waals surface area contributed by atoms with Crippen LogP contribution in [0.25, 0.3) is 0 Å². The molecule has 34 heavy (non-hydrogen) atoms. The number of amides is 1. The van der Waals surface area contributed by atoms with Gasteiger partial charge in [-0.15, -0.1) is 0 Å². The molecular weight excluding hydrogens is 427 g/mol. The van der Waals surface area contributed by atoms with Gasteiger partial charge >= 0.3 is 0 Å². The molecule has 3 aromatic rings. The summed E-state index contributed by atoms with van der Waals surface area (Å²) in [7, 11) is 0. The highest BCUT2D eigenvalue weighted by molar-refractivity contribution is 5.92. The van der Waals surface area contributed by atoms with Gasteiger partial charge in [-0.1, -0.05) is 26.0 Å². The van der Waals surface area contributed by atoms with Gasteiger partial charge in [0.05, 0.1) is 5.69 Å². The standard InChI is InChI=1S/C28H33FN4O/c1-3-20(4-2)28(34)32-22-11-12-26(23(29)19-22)33-17-13-21(14-18-33)27(24-9-5-7-15-30-24)25-10-6-8-16-31-25/h5-12,15-16,19-21,27H,3-4,13-14,17-18H2,1-2H3,(H,32,34). The highest BCUT2D eigenvalue weighted by Gasteiger charge is 2.31. The number of benzene rings is 1. The first-order valence-electron chi connectivity index (χ1n) is 12.3. The third-order valence-electron chi connectivity index (χ3n) is 6.94. The molecule has 1 aliphatic rings. The second-order valence-corrected chi connectivity index (χ2v) is 8.98. The molecule has 1 fully saturated rings. The summed E-state index contributed by atoms with van der Waals surface area (Å²) in [6.07, 6.45) is 7.05. The van der Waals surface area contributed by atoms with Crippen molar-refractivity contribution in [1.82, 2.24) is 9.97 Å². The lowest BCUT2D eigenvalue weighted by Crippen LogP contribution is -2.36. The first-order valence-corrected chi connectivity index (χ1v) is 12.3. The normalized spacial score (nSPS) is 14.6. The van der Waals surface area contributed by atoms with E-state index in [1.165, 1.54) is 6.07 Å². The van der Waals surface area contributed by atoms with Crippen LogP contribution in [0.2, 0.25) is 0 Å². The van der Waals surface area contributed by atoms with E-state index in [1.54, 1.807) is 12.1 Å². The quantitative estimate of drug-likeness (QED) is 0.445. The maximum atomic E-state index is 15.0. The van der Waals surface area contributed by atoms with Gasteiger partial charge in [0.15, 0.2) is 0 Å². The highest BCUT2D eigenvalue weighted by atomic mass is 19.1. The predicted molar refractivity (Wildman–Crippen MR) is 134 cm³/mol. The monoisotopic (exact) mass is 460 g/mol. The van der Waals surface area contributed by atoms with E-state index in [1.807, 2.05) is 50.5 Å². The Labute approximate surface area is 201 Å². The van der Waals surface area contributed by atoms with Gasteiger partial charge in [0.25, 0.3) is 0 Å². The summed E-state index contributed by atoms with van der Waals surface area (Å²) in [5.41, 5.74) is 3.16. The first kappa shape index (κ1) is 23.9. The Morgan fingerprint density at radius 2 is 1.62 bits per heavy atom. The highest BCUT2D eigenvalue weighted by Crippen LogP contribution is 2.37. The molecule has 0 spiro atoms. The molecule has 2 aromatic heterocycles. The largest absolute Gasteiger partial charge is 0.369 e. The Morgan fingerprint density at radius 3 is 2.12 bits per heavy atom. The van der Waals surface area contributed by atoms with Gasteiger partial charge in [0.2, 0.25) is 5.91 Å². The number of aromatic nitrogens is 2. The molecular formula is C28H33FN4O. The summed E-state index contributed by atoms with van der Waals surface area (Å²) in [5, 5.41) is 2.86. The van der Waals surface area contributed by atoms with Crippen LogP contribution in [-0.2, 0) is 4.79 Å². The zero-order chi connectivity index (χ0) is 23.9. The number of rotatable bonds is 8. The number of piperidine rings is 1. The summed E-state index contributed by atoms with van der Waals surface area (Å²) in [5.74, 6) is 0.104. The van der Waals surface area contributed by atoms with Crippen molar-refractivity contribution >= 4 is 17.3 Å². The molecule has 0 radical (unpaired) electrons. The molecule has 1 aromatic carbocycles. The SMILES string of the molecule is CCC(CC)C(=O)Nc1ccc(N2CCC(C(c3ccccn3)c3ccccn3)CC2)c(F)c1. The minimum Gasteiger partial charge on any atom is -0.369 e. The maximum absolute atomic E-state index is 15.0. The van der Waals surface area contributed by atoms with Crippen LogP contribution < -0.4 is 10.2 Å². The summed E-state index contributed by atoms with van der Waals surface area (Å²) < 4.78 is 15.0. The number of hydrogen-bond acceptors (Lipinski definition) is 4. The second kappa shape index (κ2) is 11.2. The molecule has 0 unspecified atom stereocenters. The van der Waals surface area contributed by atoms with Crippen LogP contribution in [0.4, 0.5) is 15.8 Å². The van der Waals surface area contributed by atoms with Crippen LogP contribution in [0.15, 0.2) is 67.0 Å². The zero-order valence-corrected chi connectivity index (χ0v) is 20.0. The molecule has 178 valence electrons. The fourth-order valence-electron chi connectivity index (χ4n) is 4.97. The van der Waals surface area contributed by atoms with Crippen LogP contribution in [-0.4, -0.2) is 29.0 Å². The second-order valence-electron chi connectivity index (χ2n) is 8.98. The van der Waals surface area contributed by atoms with Crippen LogP contribution in [0.3, 0.4) is 0 Å². The lowest BCUT2D eigenvalue weighted by Gasteiger charge is -2.37. The fraction of sp³-hybridized carbons (Fsp3) is 0.393. The van der Waals surface area contributed by atoms with E-state index in [4.69, 9.17) is 0 Å². The lowest BCUT2D eigenvalue weighted by atomic mass is 9.79. The van der Waals surface area contributed by atoms with Crippen molar-refractivity contribution in [1.29, 1.82) is 0 Å². The number of nitrogens with zero attached hydrogens (tertiary/aromatic N) is 3. The maximum Gasteiger partial charge on any atom is 0.227 e. The topological polar surface area (TPSA) is 58.1 Å². The lowest BCUT2D eigenvalue weighted by molar-refractivity contribution is -0.120. The van der Waals surface area contributed by atoms with Gasteiger partial charge in [-0.3, -0.25) is 14.8 Å². The van der Waals surface area contributed by atoms with Crippen molar-refractivity contribution in [3.8, 4) is 0 Å². The summed E-state index contributed by atoms with van der Waals surface area (Å²) in [6, 6.07) is 17.1. The summed E-state index contributed by atoms with van der Waals surface area (Å²) in [6.45, 7) is 5.51. The van der Waals surface area contributed by atoms with Crippen molar-refractivity contribution in [2.45, 2.75) is 45.4 Å². The van der Waals surface area contributed by atoms with Crippen molar-refractivity contribution in [3.05, 3.63) is 84.2 Å². The third kappa shape index (κ3) is 5.44. The Balaban J connectivity index is 1.45. The van der Waals surface area contributed by atoms with Crippen molar-refractivity contribution < 1.29 is 9.18 Å². The van der Waals surface area contributed by atoms with E-state index < -0.39 is 0 Å². The molecule has 0 bridgehead atoms. The number of anilines is 2. The number of nitrogens with one attached hydrogen (secondary N) is 1. The van der Waals surface area contributed by atoms with Crippen LogP contribution in [0, 0.1) is 17.7 Å². The van der Waals surface area contributed by atoms with E-state index >= 15 is 4.39 Å². The van der Waals surface area contributed by atoms with Gasteiger partial charge in [0.1, 0.15) is 5.82 Å². The van der Waals surface area contributed by atoms with Gasteiger partial charge < -0.3 is 10.2 Å². The van der Waals surface area contributed by atoms with E-state index in [2.05, 4.69) is 32.3 Å². The van der Waals surface area contributed by atoms with E-state index in [9.17, 15) is 4.79 Å². The Morgan fingerprint density at radius 1 is 1.00 bits per heavy atom. The molecule has 0 aliphatic carbocycles. The van der Waals surface area contributed by atoms with Crippen LogP contribution >= 0.6 is 0 Å². The Hall–Kier alpha value is -3.28. The molecule has 6 heteroatoms.